The molecule has 2 N–H and O–H groups in total. The molecule has 26 heavy (non-hydrogen) atoms. The lowest BCUT2D eigenvalue weighted by Crippen LogP contribution is -2.37. The van der Waals surface area contributed by atoms with E-state index in [0.717, 1.165) is 11.3 Å². The summed E-state index contributed by atoms with van der Waals surface area (Å²) in [6.45, 7) is 4.69. The molecule has 0 saturated carbocycles. The zero-order valence-corrected chi connectivity index (χ0v) is 14.7. The Balaban J connectivity index is 1.64. The molecule has 0 bridgehead atoms. The standard InChI is InChI=1S/C20H21NO5/c1-20(2,14-7-8-16-17(10-14)26-12-25-16)11-21-18(22)9-13-5-3-4-6-15(13)19(23)24/h3-8,10H,9,11-12H2,1-2H3,(H,21,22)(H,23,24). The van der Waals surface area contributed by atoms with Gasteiger partial charge in [-0.2, -0.15) is 0 Å². The van der Waals surface area contributed by atoms with E-state index in [1.807, 2.05) is 32.0 Å². The monoisotopic (exact) mass is 355 g/mol. The number of aromatic carboxylic acids is 1. The second-order valence-corrected chi connectivity index (χ2v) is 6.87. The molecule has 0 fully saturated rings. The van der Waals surface area contributed by atoms with Crippen LogP contribution in [0.4, 0.5) is 0 Å². The second kappa shape index (κ2) is 7.07. The third-order valence-electron chi connectivity index (χ3n) is 4.48. The first-order valence-corrected chi connectivity index (χ1v) is 8.35. The Bertz CT molecular complexity index is 844. The maximum atomic E-state index is 12.3. The van der Waals surface area contributed by atoms with E-state index in [-0.39, 0.29) is 30.1 Å². The van der Waals surface area contributed by atoms with Crippen LogP contribution in [-0.4, -0.2) is 30.3 Å². The summed E-state index contributed by atoms with van der Waals surface area (Å²) < 4.78 is 10.7. The minimum atomic E-state index is -1.03. The molecule has 0 aromatic heterocycles. The number of carboxylic acid groups (broad SMARTS) is 1. The molecule has 0 atom stereocenters. The van der Waals surface area contributed by atoms with E-state index < -0.39 is 5.97 Å². The summed E-state index contributed by atoms with van der Waals surface area (Å²) in [5.74, 6) is 0.178. The molecule has 3 rings (SSSR count). The molecular formula is C20H21NO5. The molecule has 1 amide bonds. The van der Waals surface area contributed by atoms with Gasteiger partial charge in [0.05, 0.1) is 12.0 Å². The third kappa shape index (κ3) is 3.79. The number of rotatable bonds is 6. The molecular weight excluding hydrogens is 334 g/mol. The maximum Gasteiger partial charge on any atom is 0.335 e. The lowest BCUT2D eigenvalue weighted by molar-refractivity contribution is -0.120. The molecule has 1 aliphatic rings. The maximum absolute atomic E-state index is 12.3. The van der Waals surface area contributed by atoms with Gasteiger partial charge < -0.3 is 19.9 Å². The zero-order chi connectivity index (χ0) is 18.7. The van der Waals surface area contributed by atoms with E-state index in [1.54, 1.807) is 18.2 Å². The number of ether oxygens (including phenoxy) is 2. The van der Waals surface area contributed by atoms with Crippen LogP contribution in [0.5, 0.6) is 11.5 Å². The Morgan fingerprint density at radius 2 is 1.85 bits per heavy atom. The highest BCUT2D eigenvalue weighted by Crippen LogP contribution is 2.36. The second-order valence-electron chi connectivity index (χ2n) is 6.87. The topological polar surface area (TPSA) is 84.9 Å². The van der Waals surface area contributed by atoms with Crippen molar-refractivity contribution in [2.45, 2.75) is 25.7 Å². The van der Waals surface area contributed by atoms with Gasteiger partial charge in [-0.05, 0) is 29.3 Å². The van der Waals surface area contributed by atoms with E-state index in [0.29, 0.717) is 17.9 Å². The number of carbonyl (C=O) groups excluding carboxylic acids is 1. The van der Waals surface area contributed by atoms with Crippen molar-refractivity contribution >= 4 is 11.9 Å². The normalized spacial score (nSPS) is 12.7. The number of amides is 1. The number of carbonyl (C=O) groups is 2. The summed E-state index contributed by atoms with van der Waals surface area (Å²) >= 11 is 0. The van der Waals surface area contributed by atoms with Gasteiger partial charge in [-0.1, -0.05) is 38.1 Å². The predicted octanol–water partition coefficient (Wildman–Crippen LogP) is 2.75. The van der Waals surface area contributed by atoms with Gasteiger partial charge in [0.2, 0.25) is 12.7 Å². The van der Waals surface area contributed by atoms with Crippen LogP contribution in [0.15, 0.2) is 42.5 Å². The van der Waals surface area contributed by atoms with E-state index in [4.69, 9.17) is 9.47 Å². The molecule has 136 valence electrons. The summed E-state index contributed by atoms with van der Waals surface area (Å²) in [7, 11) is 0. The van der Waals surface area contributed by atoms with Crippen LogP contribution in [0.1, 0.15) is 35.3 Å². The zero-order valence-electron chi connectivity index (χ0n) is 14.7. The molecule has 0 unspecified atom stereocenters. The van der Waals surface area contributed by atoms with Crippen molar-refractivity contribution in [1.82, 2.24) is 5.32 Å². The molecule has 1 heterocycles. The average Bonchev–Trinajstić information content (AvgIpc) is 3.08. The van der Waals surface area contributed by atoms with Crippen LogP contribution >= 0.6 is 0 Å². The first-order chi connectivity index (χ1) is 12.4. The van der Waals surface area contributed by atoms with Gasteiger partial charge in [-0.3, -0.25) is 4.79 Å². The van der Waals surface area contributed by atoms with E-state index in [9.17, 15) is 14.7 Å². The Hall–Kier alpha value is -3.02. The van der Waals surface area contributed by atoms with Gasteiger partial charge in [0.25, 0.3) is 0 Å². The molecule has 6 heteroatoms. The number of hydrogen-bond acceptors (Lipinski definition) is 4. The average molecular weight is 355 g/mol. The minimum absolute atomic E-state index is 0.0275. The van der Waals surface area contributed by atoms with Crippen molar-refractivity contribution in [3.63, 3.8) is 0 Å². The Kier molecular flexibility index (Phi) is 4.84. The number of carboxylic acids is 1. The van der Waals surface area contributed by atoms with Crippen LogP contribution in [-0.2, 0) is 16.6 Å². The highest BCUT2D eigenvalue weighted by atomic mass is 16.7. The Labute approximate surface area is 151 Å². The lowest BCUT2D eigenvalue weighted by Gasteiger charge is -2.26. The molecule has 0 saturated heterocycles. The molecule has 6 nitrogen and oxygen atoms in total. The summed E-state index contributed by atoms with van der Waals surface area (Å²) in [4.78, 5) is 23.5. The van der Waals surface area contributed by atoms with Crippen LogP contribution in [0.2, 0.25) is 0 Å². The molecule has 2 aromatic rings. The Morgan fingerprint density at radius 3 is 2.62 bits per heavy atom. The largest absolute Gasteiger partial charge is 0.478 e. The van der Waals surface area contributed by atoms with Crippen molar-refractivity contribution in [2.75, 3.05) is 13.3 Å². The number of nitrogens with one attached hydrogen (secondary N) is 1. The van der Waals surface area contributed by atoms with Crippen LogP contribution in [0.3, 0.4) is 0 Å². The van der Waals surface area contributed by atoms with Gasteiger partial charge in [-0.25, -0.2) is 4.79 Å². The highest BCUT2D eigenvalue weighted by Gasteiger charge is 2.25. The minimum Gasteiger partial charge on any atom is -0.478 e. The Morgan fingerprint density at radius 1 is 1.12 bits per heavy atom. The SMILES string of the molecule is CC(C)(CNC(=O)Cc1ccccc1C(=O)O)c1ccc2c(c1)OCO2. The molecule has 0 spiro atoms. The molecule has 1 aliphatic heterocycles. The number of benzene rings is 2. The molecule has 2 aromatic carbocycles. The predicted molar refractivity (Wildman–Crippen MR) is 95.7 cm³/mol. The third-order valence-corrected chi connectivity index (χ3v) is 4.48. The summed E-state index contributed by atoms with van der Waals surface area (Å²) in [6.07, 6.45) is 0.0275. The van der Waals surface area contributed by atoms with Crippen molar-refractivity contribution in [3.05, 3.63) is 59.2 Å². The van der Waals surface area contributed by atoms with Crippen LogP contribution in [0, 0.1) is 0 Å². The summed E-state index contributed by atoms with van der Waals surface area (Å²) in [5.41, 5.74) is 1.35. The van der Waals surface area contributed by atoms with Gasteiger partial charge >= 0.3 is 5.97 Å². The van der Waals surface area contributed by atoms with Crippen molar-refractivity contribution in [3.8, 4) is 11.5 Å². The summed E-state index contributed by atoms with van der Waals surface area (Å²) in [5, 5.41) is 12.1. The van der Waals surface area contributed by atoms with Crippen molar-refractivity contribution < 1.29 is 24.2 Å². The fourth-order valence-electron chi connectivity index (χ4n) is 2.86. The van der Waals surface area contributed by atoms with Crippen LogP contribution in [0.25, 0.3) is 0 Å². The molecule has 0 radical (unpaired) electrons. The smallest absolute Gasteiger partial charge is 0.335 e. The lowest BCUT2D eigenvalue weighted by atomic mass is 9.84. The summed E-state index contributed by atoms with van der Waals surface area (Å²) in [6, 6.07) is 12.3. The van der Waals surface area contributed by atoms with Crippen molar-refractivity contribution in [1.29, 1.82) is 0 Å². The van der Waals surface area contributed by atoms with Crippen molar-refractivity contribution in [2.24, 2.45) is 0 Å². The van der Waals surface area contributed by atoms with Crippen LogP contribution < -0.4 is 14.8 Å². The van der Waals surface area contributed by atoms with E-state index >= 15 is 0 Å². The number of hydrogen-bond donors (Lipinski definition) is 2. The van der Waals surface area contributed by atoms with Gasteiger partial charge in [-0.15, -0.1) is 0 Å². The highest BCUT2D eigenvalue weighted by molar-refractivity contribution is 5.91. The fraction of sp³-hybridized carbons (Fsp3) is 0.300. The van der Waals surface area contributed by atoms with Gasteiger partial charge in [0.15, 0.2) is 11.5 Å². The van der Waals surface area contributed by atoms with E-state index in [1.165, 1.54) is 6.07 Å². The van der Waals surface area contributed by atoms with Gasteiger partial charge in [0.1, 0.15) is 0 Å². The van der Waals surface area contributed by atoms with Gasteiger partial charge in [0, 0.05) is 12.0 Å². The first kappa shape index (κ1) is 17.8. The quantitative estimate of drug-likeness (QED) is 0.832. The first-order valence-electron chi connectivity index (χ1n) is 8.35. The molecule has 0 aliphatic carbocycles. The fourth-order valence-corrected chi connectivity index (χ4v) is 2.86. The number of fused-ring (bicyclic) bond motifs is 1. The van der Waals surface area contributed by atoms with E-state index in [2.05, 4.69) is 5.32 Å².